The van der Waals surface area contributed by atoms with Gasteiger partial charge in [-0.1, -0.05) is 18.2 Å². The first-order valence-electron chi connectivity index (χ1n) is 8.96. The van der Waals surface area contributed by atoms with Gasteiger partial charge in [0.15, 0.2) is 5.82 Å². The van der Waals surface area contributed by atoms with E-state index in [1.165, 1.54) is 5.69 Å². The van der Waals surface area contributed by atoms with Gasteiger partial charge in [0.1, 0.15) is 11.5 Å². The molecule has 1 aromatic carbocycles. The van der Waals surface area contributed by atoms with Crippen LogP contribution >= 0.6 is 0 Å². The summed E-state index contributed by atoms with van der Waals surface area (Å²) in [6.07, 6.45) is 5.57. The van der Waals surface area contributed by atoms with E-state index in [9.17, 15) is 0 Å². The molecule has 2 N–H and O–H groups in total. The maximum atomic E-state index is 4.71. The summed E-state index contributed by atoms with van der Waals surface area (Å²) in [5.41, 5.74) is 4.03. The molecule has 5 rings (SSSR count). The molecule has 4 aromatic rings. The lowest BCUT2D eigenvalue weighted by Crippen LogP contribution is -2.28. The average molecular weight is 357 g/mol. The molecule has 4 heterocycles. The van der Waals surface area contributed by atoms with Crippen molar-refractivity contribution in [1.29, 1.82) is 0 Å². The Hall–Kier alpha value is -3.45. The highest BCUT2D eigenvalue weighted by Crippen LogP contribution is 2.23. The topological polar surface area (TPSA) is 72.6 Å². The zero-order chi connectivity index (χ0) is 18.1. The van der Waals surface area contributed by atoms with Gasteiger partial charge in [0.25, 0.3) is 0 Å². The molecule has 1 aliphatic heterocycles. The Morgan fingerprint density at radius 3 is 2.78 bits per heavy atom. The van der Waals surface area contributed by atoms with Gasteiger partial charge in [-0.25, -0.2) is 9.97 Å². The van der Waals surface area contributed by atoms with Gasteiger partial charge < -0.3 is 10.6 Å². The van der Waals surface area contributed by atoms with Crippen LogP contribution in [0.1, 0.15) is 5.69 Å². The Balaban J connectivity index is 1.42. The molecule has 0 spiro atoms. The first-order chi connectivity index (χ1) is 13.4. The number of nitrogens with zero attached hydrogens (tertiary/aromatic N) is 5. The van der Waals surface area contributed by atoms with Crippen LogP contribution in [-0.2, 0) is 13.1 Å². The zero-order valence-electron chi connectivity index (χ0n) is 14.7. The fourth-order valence-electron chi connectivity index (χ4n) is 3.28. The summed E-state index contributed by atoms with van der Waals surface area (Å²) < 4.78 is 4.07. The van der Waals surface area contributed by atoms with Gasteiger partial charge in [-0.05, 0) is 30.3 Å². The fraction of sp³-hybridized carbons (Fsp3) is 0.150. The van der Waals surface area contributed by atoms with Crippen LogP contribution < -0.4 is 10.6 Å². The fourth-order valence-corrected chi connectivity index (χ4v) is 3.28. The van der Waals surface area contributed by atoms with Gasteiger partial charge >= 0.3 is 0 Å². The number of benzene rings is 1. The van der Waals surface area contributed by atoms with E-state index in [1.807, 2.05) is 59.4 Å². The van der Waals surface area contributed by atoms with Crippen LogP contribution in [0.2, 0.25) is 0 Å². The van der Waals surface area contributed by atoms with Crippen LogP contribution in [0, 0.1) is 0 Å². The largest absolute Gasteiger partial charge is 0.340 e. The summed E-state index contributed by atoms with van der Waals surface area (Å²) in [4.78, 5) is 9.05. The van der Waals surface area contributed by atoms with Gasteiger partial charge in [-0.2, -0.15) is 5.10 Å². The monoisotopic (exact) mass is 357 g/mol. The molecule has 3 aromatic heterocycles. The number of nitrogens with one attached hydrogen (secondary N) is 2. The average Bonchev–Trinajstić information content (AvgIpc) is 3.36. The van der Waals surface area contributed by atoms with Crippen molar-refractivity contribution >= 4 is 11.5 Å². The normalized spacial score (nSPS) is 13.3. The van der Waals surface area contributed by atoms with Gasteiger partial charge in [-0.3, -0.25) is 9.25 Å². The number of fused-ring (bicyclic) bond motifs is 1. The van der Waals surface area contributed by atoms with Crippen molar-refractivity contribution in [2.75, 3.05) is 11.9 Å². The summed E-state index contributed by atoms with van der Waals surface area (Å²) in [5, 5.41) is 11.4. The van der Waals surface area contributed by atoms with Crippen LogP contribution in [0.4, 0.5) is 11.5 Å². The molecular formula is C20H19N7. The van der Waals surface area contributed by atoms with Crippen molar-refractivity contribution in [2.45, 2.75) is 13.1 Å². The highest BCUT2D eigenvalue weighted by Gasteiger charge is 2.16. The molecule has 0 bridgehead atoms. The Bertz CT molecular complexity index is 1020. The van der Waals surface area contributed by atoms with Gasteiger partial charge in [-0.15, -0.1) is 0 Å². The van der Waals surface area contributed by atoms with Crippen LogP contribution in [0.3, 0.4) is 0 Å². The molecule has 7 heteroatoms. The summed E-state index contributed by atoms with van der Waals surface area (Å²) in [7, 11) is 0. The molecule has 134 valence electrons. The van der Waals surface area contributed by atoms with Crippen LogP contribution in [0.15, 0.2) is 67.1 Å². The smallest absolute Gasteiger partial charge is 0.165 e. The molecule has 0 radical (unpaired) electrons. The second kappa shape index (κ2) is 6.69. The summed E-state index contributed by atoms with van der Waals surface area (Å²) in [5.74, 6) is 1.62. The highest BCUT2D eigenvalue weighted by molar-refractivity contribution is 5.58. The third kappa shape index (κ3) is 3.09. The van der Waals surface area contributed by atoms with E-state index in [2.05, 4.69) is 31.3 Å². The third-order valence-electron chi connectivity index (χ3n) is 4.61. The molecular weight excluding hydrogens is 338 g/mol. The number of pyridine rings is 1. The van der Waals surface area contributed by atoms with E-state index in [1.54, 1.807) is 6.20 Å². The Morgan fingerprint density at radius 2 is 1.96 bits per heavy atom. The van der Waals surface area contributed by atoms with Crippen molar-refractivity contribution in [3.05, 3.63) is 72.8 Å². The SMILES string of the molecule is c1ccc(Nc2ccc(-n3ccnc3-c3cc4n(n3)CCNC4)cn2)cc1. The number of hydrogen-bond acceptors (Lipinski definition) is 5. The minimum absolute atomic E-state index is 0.801. The Labute approximate surface area is 156 Å². The van der Waals surface area contributed by atoms with E-state index in [0.717, 1.165) is 48.3 Å². The molecule has 0 saturated heterocycles. The zero-order valence-corrected chi connectivity index (χ0v) is 14.7. The molecule has 0 fully saturated rings. The van der Waals surface area contributed by atoms with E-state index < -0.39 is 0 Å². The summed E-state index contributed by atoms with van der Waals surface area (Å²) >= 11 is 0. The number of rotatable bonds is 4. The number of hydrogen-bond donors (Lipinski definition) is 2. The lowest BCUT2D eigenvalue weighted by Gasteiger charge is -2.13. The van der Waals surface area contributed by atoms with Gasteiger partial charge in [0.05, 0.1) is 24.1 Å². The summed E-state index contributed by atoms with van der Waals surface area (Å²) in [6.45, 7) is 2.68. The van der Waals surface area contributed by atoms with Crippen molar-refractivity contribution < 1.29 is 0 Å². The van der Waals surface area contributed by atoms with Crippen LogP contribution in [-0.4, -0.2) is 30.9 Å². The maximum Gasteiger partial charge on any atom is 0.165 e. The second-order valence-corrected chi connectivity index (χ2v) is 6.43. The molecule has 7 nitrogen and oxygen atoms in total. The van der Waals surface area contributed by atoms with E-state index in [4.69, 9.17) is 5.10 Å². The minimum atomic E-state index is 0.801. The highest BCUT2D eigenvalue weighted by atomic mass is 15.3. The summed E-state index contributed by atoms with van der Waals surface area (Å²) in [6, 6.07) is 16.1. The molecule has 27 heavy (non-hydrogen) atoms. The Kier molecular flexibility index (Phi) is 3.91. The first-order valence-corrected chi connectivity index (χ1v) is 8.96. The molecule has 1 aliphatic rings. The maximum absolute atomic E-state index is 4.71. The molecule has 0 saturated carbocycles. The lowest BCUT2D eigenvalue weighted by atomic mass is 10.3. The van der Waals surface area contributed by atoms with Crippen LogP contribution in [0.5, 0.6) is 0 Å². The predicted octanol–water partition coefficient (Wildman–Crippen LogP) is 2.98. The van der Waals surface area contributed by atoms with Crippen molar-refractivity contribution in [3.63, 3.8) is 0 Å². The minimum Gasteiger partial charge on any atom is -0.340 e. The standard InChI is InChI=1S/C20H19N7/c1-2-4-15(5-3-1)24-19-7-6-16(14-23-19)26-10-9-22-20(26)18-12-17-13-21-8-11-27(17)25-18/h1-7,9-10,12,14,21H,8,11,13H2,(H,23,24). The second-order valence-electron chi connectivity index (χ2n) is 6.43. The van der Waals surface area contributed by atoms with Gasteiger partial charge in [0.2, 0.25) is 0 Å². The van der Waals surface area contributed by atoms with Gasteiger partial charge in [0, 0.05) is 31.2 Å². The molecule has 0 unspecified atom stereocenters. The van der Waals surface area contributed by atoms with Crippen molar-refractivity contribution in [3.8, 4) is 17.2 Å². The number of imidazole rings is 1. The molecule has 0 aliphatic carbocycles. The van der Waals surface area contributed by atoms with E-state index in [-0.39, 0.29) is 0 Å². The first kappa shape index (κ1) is 15.8. The molecule has 0 amide bonds. The van der Waals surface area contributed by atoms with Crippen molar-refractivity contribution in [2.24, 2.45) is 0 Å². The third-order valence-corrected chi connectivity index (χ3v) is 4.61. The molecule has 0 atom stereocenters. The van der Waals surface area contributed by atoms with Crippen LogP contribution in [0.25, 0.3) is 17.2 Å². The number of anilines is 2. The quantitative estimate of drug-likeness (QED) is 0.587. The Morgan fingerprint density at radius 1 is 1.04 bits per heavy atom. The van der Waals surface area contributed by atoms with E-state index >= 15 is 0 Å². The number of para-hydroxylation sites is 1. The lowest BCUT2D eigenvalue weighted by molar-refractivity contribution is 0.476. The van der Waals surface area contributed by atoms with E-state index in [0.29, 0.717) is 0 Å². The predicted molar refractivity (Wildman–Crippen MR) is 104 cm³/mol. The van der Waals surface area contributed by atoms with Crippen molar-refractivity contribution in [1.82, 2.24) is 29.6 Å². The number of aromatic nitrogens is 5.